The molecule has 140 valence electrons. The minimum Gasteiger partial charge on any atom is -0.490 e. The number of hydrogen-bond donors (Lipinski definition) is 1. The highest BCUT2D eigenvalue weighted by molar-refractivity contribution is 5.94. The van der Waals surface area contributed by atoms with Gasteiger partial charge in [-0.05, 0) is 30.0 Å². The number of nitrogens with one attached hydrogen (secondary N) is 1. The van der Waals surface area contributed by atoms with Crippen molar-refractivity contribution in [3.8, 4) is 5.82 Å². The molecule has 3 heterocycles. The van der Waals surface area contributed by atoms with Crippen LogP contribution in [-0.2, 0) is 9.53 Å². The van der Waals surface area contributed by atoms with Crippen LogP contribution in [0, 0.1) is 5.92 Å². The van der Waals surface area contributed by atoms with Crippen LogP contribution in [0.2, 0.25) is 0 Å². The molecular weight excluding hydrogens is 354 g/mol. The second-order valence-electron chi connectivity index (χ2n) is 7.00. The second kappa shape index (κ2) is 6.92. The van der Waals surface area contributed by atoms with Gasteiger partial charge in [-0.2, -0.15) is 5.10 Å². The van der Waals surface area contributed by atoms with Crippen molar-refractivity contribution in [2.45, 2.75) is 24.9 Å². The third-order valence-electron chi connectivity index (χ3n) is 5.05. The quantitative estimate of drug-likeness (QED) is 0.741. The highest BCUT2D eigenvalue weighted by Gasteiger charge is 2.44. The molecule has 7 nitrogen and oxygen atoms in total. The highest BCUT2D eigenvalue weighted by Crippen LogP contribution is 2.47. The van der Waals surface area contributed by atoms with Crippen LogP contribution in [-0.4, -0.2) is 25.7 Å². The lowest BCUT2D eigenvalue weighted by Crippen LogP contribution is -2.18. The predicted octanol–water partition coefficient (Wildman–Crippen LogP) is 3.38. The predicted molar refractivity (Wildman–Crippen MR) is 103 cm³/mol. The molecule has 1 fully saturated rings. The highest BCUT2D eigenvalue weighted by atomic mass is 16.5. The second-order valence-corrected chi connectivity index (χ2v) is 7.00. The molecular formula is C21H19N5O2. The molecule has 7 heteroatoms. The molecule has 0 bridgehead atoms. The molecule has 0 spiro atoms. The first-order chi connectivity index (χ1) is 13.8. The van der Waals surface area contributed by atoms with Crippen molar-refractivity contribution in [2.24, 2.45) is 5.92 Å². The summed E-state index contributed by atoms with van der Waals surface area (Å²) in [5, 5.41) is 7.19. The van der Waals surface area contributed by atoms with Crippen molar-refractivity contribution >= 4 is 11.7 Å². The van der Waals surface area contributed by atoms with Crippen molar-refractivity contribution in [3.05, 3.63) is 78.6 Å². The minimum atomic E-state index is -0.246. The lowest BCUT2D eigenvalue weighted by atomic mass is 10.1. The van der Waals surface area contributed by atoms with E-state index in [4.69, 9.17) is 4.74 Å². The van der Waals surface area contributed by atoms with Gasteiger partial charge in [0.15, 0.2) is 17.7 Å². The van der Waals surface area contributed by atoms with Crippen LogP contribution in [0.25, 0.3) is 5.82 Å². The maximum absolute atomic E-state index is 12.8. The van der Waals surface area contributed by atoms with Crippen molar-refractivity contribution in [1.82, 2.24) is 19.7 Å². The number of benzene rings is 1. The average Bonchev–Trinajstić information content (AvgIpc) is 3.12. The Balaban J connectivity index is 1.37. The number of aromatic nitrogens is 4. The monoisotopic (exact) mass is 373 g/mol. The summed E-state index contributed by atoms with van der Waals surface area (Å²) < 4.78 is 7.20. The molecule has 5 rings (SSSR count). The molecule has 2 aliphatic rings. The van der Waals surface area contributed by atoms with Crippen molar-refractivity contribution in [2.75, 3.05) is 5.32 Å². The maximum Gasteiger partial charge on any atom is 0.229 e. The van der Waals surface area contributed by atoms with Crippen LogP contribution < -0.4 is 5.32 Å². The topological polar surface area (TPSA) is 81.9 Å². The number of ether oxygens (including phenoxy) is 1. The van der Waals surface area contributed by atoms with E-state index in [1.807, 2.05) is 30.3 Å². The Morgan fingerprint density at radius 2 is 2.07 bits per heavy atom. The molecule has 1 aliphatic heterocycles. The summed E-state index contributed by atoms with van der Waals surface area (Å²) >= 11 is 0. The molecule has 1 amide bonds. The van der Waals surface area contributed by atoms with Gasteiger partial charge in [0.05, 0.1) is 6.26 Å². The number of anilines is 1. The number of amides is 1. The average molecular weight is 373 g/mol. The van der Waals surface area contributed by atoms with E-state index < -0.39 is 0 Å². The van der Waals surface area contributed by atoms with E-state index in [1.165, 1.54) is 5.56 Å². The van der Waals surface area contributed by atoms with E-state index in [0.717, 1.165) is 6.42 Å². The lowest BCUT2D eigenvalue weighted by Gasteiger charge is -2.13. The summed E-state index contributed by atoms with van der Waals surface area (Å²) in [4.78, 5) is 21.8. The standard InChI is InChI=1S/C21H19N5O2/c27-21(16-12-15(16)14-6-2-1-3-7-14)24-18-13-19(26-10-5-9-22-26)25-20(23-18)17-8-4-11-28-17/h1-7,9-11,13,15-17H,8,12H2,(H,23,24,25,27)/t15-,16?,17?/m1/s1. The maximum atomic E-state index is 12.8. The third kappa shape index (κ3) is 3.26. The zero-order chi connectivity index (χ0) is 18.9. The van der Waals surface area contributed by atoms with E-state index in [-0.39, 0.29) is 23.8 Å². The van der Waals surface area contributed by atoms with Gasteiger partial charge in [-0.15, -0.1) is 0 Å². The summed E-state index contributed by atoms with van der Waals surface area (Å²) in [7, 11) is 0. The van der Waals surface area contributed by atoms with Crippen LogP contribution in [0.4, 0.5) is 5.82 Å². The molecule has 1 aromatic carbocycles. The van der Waals surface area contributed by atoms with Gasteiger partial charge in [-0.1, -0.05) is 30.3 Å². The molecule has 1 N–H and O–H groups in total. The fraction of sp³-hybridized carbons (Fsp3) is 0.238. The zero-order valence-electron chi connectivity index (χ0n) is 15.1. The fourth-order valence-corrected chi connectivity index (χ4v) is 3.51. The summed E-state index contributed by atoms with van der Waals surface area (Å²) in [5.41, 5.74) is 1.20. The van der Waals surface area contributed by atoms with E-state index in [1.54, 1.807) is 29.4 Å². The Bertz CT molecular complexity index is 1010. The molecule has 3 aromatic rings. The van der Waals surface area contributed by atoms with Crippen LogP contribution in [0.5, 0.6) is 0 Å². The molecule has 0 radical (unpaired) electrons. The van der Waals surface area contributed by atoms with Gasteiger partial charge in [0, 0.05) is 30.8 Å². The number of rotatable bonds is 5. The van der Waals surface area contributed by atoms with Crippen LogP contribution in [0.15, 0.2) is 67.2 Å². The van der Waals surface area contributed by atoms with Gasteiger partial charge in [0.2, 0.25) is 5.91 Å². The SMILES string of the molecule is O=C(Nc1cc(-n2cccn2)nc(C2CC=CO2)n1)C1C[C@@H]1c1ccccc1. The molecule has 1 aliphatic carbocycles. The van der Waals surface area contributed by atoms with E-state index >= 15 is 0 Å². The Morgan fingerprint density at radius 3 is 2.82 bits per heavy atom. The van der Waals surface area contributed by atoms with Crippen LogP contribution in [0.3, 0.4) is 0 Å². The smallest absolute Gasteiger partial charge is 0.229 e. The number of carbonyl (C=O) groups is 1. The van der Waals surface area contributed by atoms with Crippen molar-refractivity contribution in [3.63, 3.8) is 0 Å². The fourth-order valence-electron chi connectivity index (χ4n) is 3.51. The Kier molecular flexibility index (Phi) is 4.12. The summed E-state index contributed by atoms with van der Waals surface area (Å²) in [5.74, 6) is 1.82. The Morgan fingerprint density at radius 1 is 1.18 bits per heavy atom. The van der Waals surface area contributed by atoms with Crippen molar-refractivity contribution < 1.29 is 9.53 Å². The first-order valence-corrected chi connectivity index (χ1v) is 9.33. The Hall–Kier alpha value is -3.48. The van der Waals surface area contributed by atoms with Gasteiger partial charge < -0.3 is 10.1 Å². The zero-order valence-corrected chi connectivity index (χ0v) is 15.1. The van der Waals surface area contributed by atoms with Gasteiger partial charge >= 0.3 is 0 Å². The van der Waals surface area contributed by atoms with Gasteiger partial charge in [-0.3, -0.25) is 4.79 Å². The number of hydrogen-bond acceptors (Lipinski definition) is 5. The first-order valence-electron chi connectivity index (χ1n) is 9.33. The van der Waals surface area contributed by atoms with E-state index in [2.05, 4.69) is 32.5 Å². The summed E-state index contributed by atoms with van der Waals surface area (Å²) in [6, 6.07) is 13.7. The van der Waals surface area contributed by atoms with Crippen LogP contribution in [0.1, 0.15) is 36.3 Å². The minimum absolute atomic E-state index is 0.0182. The number of carbonyl (C=O) groups excluding carboxylic acids is 1. The molecule has 3 atom stereocenters. The largest absolute Gasteiger partial charge is 0.490 e. The van der Waals surface area contributed by atoms with Gasteiger partial charge in [0.25, 0.3) is 0 Å². The molecule has 1 saturated carbocycles. The van der Waals surface area contributed by atoms with Gasteiger partial charge in [-0.25, -0.2) is 14.6 Å². The van der Waals surface area contributed by atoms with Gasteiger partial charge in [0.1, 0.15) is 5.82 Å². The molecule has 2 aromatic heterocycles. The first kappa shape index (κ1) is 16.7. The van der Waals surface area contributed by atoms with Crippen LogP contribution >= 0.6 is 0 Å². The van der Waals surface area contributed by atoms with E-state index in [9.17, 15) is 4.79 Å². The molecule has 0 saturated heterocycles. The third-order valence-corrected chi connectivity index (χ3v) is 5.05. The molecule has 2 unspecified atom stereocenters. The summed E-state index contributed by atoms with van der Waals surface area (Å²) in [6.45, 7) is 0. The number of nitrogens with zero attached hydrogens (tertiary/aromatic N) is 4. The van der Waals surface area contributed by atoms with Crippen molar-refractivity contribution in [1.29, 1.82) is 0 Å². The lowest BCUT2D eigenvalue weighted by molar-refractivity contribution is -0.117. The summed E-state index contributed by atoms with van der Waals surface area (Å²) in [6.07, 6.45) is 8.39. The molecule has 28 heavy (non-hydrogen) atoms. The Labute approximate surface area is 162 Å². The normalized spacial score (nSPS) is 22.6. The van der Waals surface area contributed by atoms with E-state index in [0.29, 0.717) is 23.9 Å².